The summed E-state index contributed by atoms with van der Waals surface area (Å²) in [4.78, 5) is 33.4. The van der Waals surface area contributed by atoms with E-state index in [1.807, 2.05) is 28.9 Å². The number of hydrogen-bond acceptors (Lipinski definition) is 3. The number of hydrogen-bond donors (Lipinski definition) is 0. The van der Waals surface area contributed by atoms with Crippen molar-refractivity contribution in [1.29, 1.82) is 0 Å². The van der Waals surface area contributed by atoms with Crippen molar-refractivity contribution < 1.29 is 9.59 Å². The predicted molar refractivity (Wildman–Crippen MR) is 88.1 cm³/mol. The summed E-state index contributed by atoms with van der Waals surface area (Å²) >= 11 is 0. The van der Waals surface area contributed by atoms with Gasteiger partial charge in [-0.05, 0) is 51.2 Å². The van der Waals surface area contributed by atoms with Crippen LogP contribution in [0.4, 0.5) is 0 Å². The molecule has 124 valence electrons. The van der Waals surface area contributed by atoms with Crippen molar-refractivity contribution >= 4 is 11.8 Å². The SMILES string of the molecule is CC(=O)N1CCC[C@@]2(C)[C@H]1CCCN2C(=O)c1ncccc1C. The first-order chi connectivity index (χ1) is 10.9. The van der Waals surface area contributed by atoms with E-state index in [9.17, 15) is 9.59 Å². The topological polar surface area (TPSA) is 53.5 Å². The van der Waals surface area contributed by atoms with Gasteiger partial charge < -0.3 is 9.80 Å². The van der Waals surface area contributed by atoms with Crippen molar-refractivity contribution in [2.75, 3.05) is 13.1 Å². The maximum Gasteiger partial charge on any atom is 0.273 e. The molecule has 2 saturated heterocycles. The summed E-state index contributed by atoms with van der Waals surface area (Å²) in [7, 11) is 0. The Labute approximate surface area is 137 Å². The minimum atomic E-state index is -0.288. The molecule has 2 amide bonds. The molecule has 0 bridgehead atoms. The van der Waals surface area contributed by atoms with Crippen molar-refractivity contribution in [1.82, 2.24) is 14.8 Å². The fourth-order valence-electron chi connectivity index (χ4n) is 4.29. The van der Waals surface area contributed by atoms with E-state index < -0.39 is 0 Å². The van der Waals surface area contributed by atoms with Crippen LogP contribution in [-0.4, -0.2) is 51.3 Å². The number of aryl methyl sites for hydroxylation is 1. The maximum absolute atomic E-state index is 13.1. The van der Waals surface area contributed by atoms with Crippen LogP contribution in [0.2, 0.25) is 0 Å². The molecular weight excluding hydrogens is 290 g/mol. The van der Waals surface area contributed by atoms with Crippen LogP contribution in [-0.2, 0) is 4.79 Å². The fraction of sp³-hybridized carbons (Fsp3) is 0.611. The summed E-state index contributed by atoms with van der Waals surface area (Å²) in [5.41, 5.74) is 1.15. The number of aromatic nitrogens is 1. The smallest absolute Gasteiger partial charge is 0.273 e. The molecule has 0 unspecified atom stereocenters. The molecule has 1 aromatic rings. The number of nitrogens with zero attached hydrogens (tertiary/aromatic N) is 3. The molecule has 0 N–H and O–H groups in total. The molecule has 5 nitrogen and oxygen atoms in total. The Kier molecular flexibility index (Phi) is 4.13. The monoisotopic (exact) mass is 315 g/mol. The molecule has 0 aromatic carbocycles. The largest absolute Gasteiger partial charge is 0.338 e. The van der Waals surface area contributed by atoms with Crippen molar-refractivity contribution in [3.05, 3.63) is 29.6 Å². The maximum atomic E-state index is 13.1. The van der Waals surface area contributed by atoms with Gasteiger partial charge in [0.05, 0.1) is 11.6 Å². The quantitative estimate of drug-likeness (QED) is 0.799. The number of carbonyl (C=O) groups excluding carboxylic acids is 2. The first-order valence-electron chi connectivity index (χ1n) is 8.46. The Morgan fingerprint density at radius 2 is 2.09 bits per heavy atom. The normalized spacial score (nSPS) is 27.5. The van der Waals surface area contributed by atoms with E-state index in [4.69, 9.17) is 0 Å². The van der Waals surface area contributed by atoms with Crippen molar-refractivity contribution in [2.24, 2.45) is 0 Å². The van der Waals surface area contributed by atoms with Gasteiger partial charge in [-0.1, -0.05) is 6.07 Å². The van der Waals surface area contributed by atoms with Gasteiger partial charge in [-0.3, -0.25) is 14.6 Å². The van der Waals surface area contributed by atoms with Gasteiger partial charge in [-0.25, -0.2) is 0 Å². The average Bonchev–Trinajstić information content (AvgIpc) is 2.52. The van der Waals surface area contributed by atoms with E-state index in [-0.39, 0.29) is 23.4 Å². The second kappa shape index (κ2) is 5.95. The number of rotatable bonds is 1. The molecular formula is C18H25N3O2. The van der Waals surface area contributed by atoms with Crippen LogP contribution in [0.3, 0.4) is 0 Å². The van der Waals surface area contributed by atoms with Gasteiger partial charge >= 0.3 is 0 Å². The van der Waals surface area contributed by atoms with Crippen LogP contribution in [0.25, 0.3) is 0 Å². The molecule has 2 fully saturated rings. The number of piperidine rings is 2. The molecule has 0 saturated carbocycles. The summed E-state index contributed by atoms with van der Waals surface area (Å²) in [5.74, 6) is 0.116. The number of fused-ring (bicyclic) bond motifs is 1. The van der Waals surface area contributed by atoms with Crippen LogP contribution in [0.1, 0.15) is 55.6 Å². The van der Waals surface area contributed by atoms with Crippen molar-refractivity contribution in [2.45, 2.75) is 58.0 Å². The van der Waals surface area contributed by atoms with Gasteiger partial charge in [0.2, 0.25) is 5.91 Å². The third-order valence-corrected chi connectivity index (χ3v) is 5.51. The lowest BCUT2D eigenvalue weighted by Gasteiger charge is -2.56. The summed E-state index contributed by atoms with van der Waals surface area (Å²) in [6.45, 7) is 7.25. The van der Waals surface area contributed by atoms with E-state index in [1.54, 1.807) is 13.1 Å². The minimum Gasteiger partial charge on any atom is -0.338 e. The number of likely N-dealkylation sites (tertiary alicyclic amines) is 2. The van der Waals surface area contributed by atoms with Crippen LogP contribution >= 0.6 is 0 Å². The van der Waals surface area contributed by atoms with Gasteiger partial charge in [0.25, 0.3) is 5.91 Å². The van der Waals surface area contributed by atoms with Crippen molar-refractivity contribution in [3.8, 4) is 0 Å². The molecule has 0 radical (unpaired) electrons. The molecule has 5 heteroatoms. The van der Waals surface area contributed by atoms with E-state index >= 15 is 0 Å². The molecule has 2 aliphatic heterocycles. The van der Waals surface area contributed by atoms with Crippen LogP contribution in [0, 0.1) is 6.92 Å². The van der Waals surface area contributed by atoms with Gasteiger partial charge in [-0.15, -0.1) is 0 Å². The standard InChI is InChI=1S/C18H25N3O2/c1-13-7-4-10-19-16(13)17(23)21-12-5-8-15-18(21,3)9-6-11-20(15)14(2)22/h4,7,10,15H,5-6,8-9,11-12H2,1-3H3/t15-,18+/m1/s1. The molecule has 3 heterocycles. The van der Waals surface area contributed by atoms with Crippen LogP contribution < -0.4 is 0 Å². The van der Waals surface area contributed by atoms with Gasteiger partial charge in [0.15, 0.2) is 0 Å². The van der Waals surface area contributed by atoms with Gasteiger partial charge in [-0.2, -0.15) is 0 Å². The molecule has 2 aliphatic rings. The number of carbonyl (C=O) groups is 2. The lowest BCUT2D eigenvalue weighted by atomic mass is 9.75. The molecule has 0 spiro atoms. The van der Waals surface area contributed by atoms with Crippen LogP contribution in [0.5, 0.6) is 0 Å². The first kappa shape index (κ1) is 16.0. The number of amides is 2. The minimum absolute atomic E-state index is 0.000650. The summed E-state index contributed by atoms with van der Waals surface area (Å²) in [6, 6.07) is 3.90. The Morgan fingerprint density at radius 3 is 2.78 bits per heavy atom. The zero-order chi connectivity index (χ0) is 16.6. The second-order valence-corrected chi connectivity index (χ2v) is 6.96. The van der Waals surface area contributed by atoms with Crippen LogP contribution in [0.15, 0.2) is 18.3 Å². The van der Waals surface area contributed by atoms with Crippen molar-refractivity contribution in [3.63, 3.8) is 0 Å². The first-order valence-corrected chi connectivity index (χ1v) is 8.46. The van der Waals surface area contributed by atoms with Gasteiger partial charge in [0.1, 0.15) is 5.69 Å². The highest BCUT2D eigenvalue weighted by Crippen LogP contribution is 2.39. The Morgan fingerprint density at radius 1 is 1.30 bits per heavy atom. The number of pyridine rings is 1. The van der Waals surface area contributed by atoms with E-state index in [0.717, 1.165) is 44.3 Å². The highest BCUT2D eigenvalue weighted by atomic mass is 16.2. The van der Waals surface area contributed by atoms with E-state index in [2.05, 4.69) is 11.9 Å². The third kappa shape index (κ3) is 2.62. The Bertz CT molecular complexity index is 630. The summed E-state index contributed by atoms with van der Waals surface area (Å²) in [6.07, 6.45) is 5.46. The molecule has 1 aromatic heterocycles. The Balaban J connectivity index is 1.95. The second-order valence-electron chi connectivity index (χ2n) is 6.96. The molecule has 2 atom stereocenters. The Hall–Kier alpha value is -1.91. The third-order valence-electron chi connectivity index (χ3n) is 5.51. The zero-order valence-electron chi connectivity index (χ0n) is 14.2. The highest BCUT2D eigenvalue weighted by molar-refractivity contribution is 5.94. The van der Waals surface area contributed by atoms with Gasteiger partial charge in [0, 0.05) is 26.2 Å². The fourth-order valence-corrected chi connectivity index (χ4v) is 4.29. The zero-order valence-corrected chi connectivity index (χ0v) is 14.2. The van der Waals surface area contributed by atoms with E-state index in [0.29, 0.717) is 5.69 Å². The van der Waals surface area contributed by atoms with E-state index in [1.165, 1.54) is 0 Å². The predicted octanol–water partition coefficient (Wildman–Crippen LogP) is 2.40. The summed E-state index contributed by atoms with van der Waals surface area (Å²) in [5, 5.41) is 0. The molecule has 23 heavy (non-hydrogen) atoms. The highest BCUT2D eigenvalue weighted by Gasteiger charge is 2.50. The molecule has 0 aliphatic carbocycles. The lowest BCUT2D eigenvalue weighted by Crippen LogP contribution is -2.68. The molecule has 3 rings (SSSR count). The lowest BCUT2D eigenvalue weighted by molar-refractivity contribution is -0.140. The average molecular weight is 315 g/mol. The summed E-state index contributed by atoms with van der Waals surface area (Å²) < 4.78 is 0.